The number of carbonyl (C=O) groups is 1. The van der Waals surface area contributed by atoms with Crippen LogP contribution in [0.3, 0.4) is 0 Å². The van der Waals surface area contributed by atoms with E-state index in [4.69, 9.17) is 11.6 Å². The maximum absolute atomic E-state index is 13.8. The largest absolute Gasteiger partial charge is 0.339 e. The summed E-state index contributed by atoms with van der Waals surface area (Å²) in [7, 11) is 0. The Morgan fingerprint density at radius 3 is 2.47 bits per heavy atom. The number of anilines is 1. The van der Waals surface area contributed by atoms with E-state index in [1.54, 1.807) is 0 Å². The van der Waals surface area contributed by atoms with Crippen LogP contribution >= 0.6 is 11.6 Å². The standard InChI is InChI=1S/C24H21ClF3N5O/c1-13-2-4-14(5-3-13)21-12-22(33-32-21)30-24(29-18-10-16(25)9-17(26)11-18)31-23(34)15-6-7-19(27)20(28)8-15/h2-11,21-22,32-33H,12H2,1H3,(H2,29,30,31,34). The van der Waals surface area contributed by atoms with E-state index in [2.05, 4.69) is 26.5 Å². The van der Waals surface area contributed by atoms with Gasteiger partial charge in [0.25, 0.3) is 5.91 Å². The summed E-state index contributed by atoms with van der Waals surface area (Å²) in [5.41, 5.74) is 8.58. The molecule has 4 N–H and O–H groups in total. The first-order valence-corrected chi connectivity index (χ1v) is 10.8. The van der Waals surface area contributed by atoms with E-state index in [0.29, 0.717) is 6.42 Å². The number of hydrogen-bond donors (Lipinski definition) is 4. The van der Waals surface area contributed by atoms with E-state index < -0.39 is 23.4 Å². The first-order chi connectivity index (χ1) is 16.3. The van der Waals surface area contributed by atoms with Gasteiger partial charge in [-0.05, 0) is 48.9 Å². The second-order valence-corrected chi connectivity index (χ2v) is 8.30. The predicted octanol–water partition coefficient (Wildman–Crippen LogP) is 4.83. The number of halogens is 4. The average molecular weight is 488 g/mol. The summed E-state index contributed by atoms with van der Waals surface area (Å²) in [6.07, 6.45) is 0.229. The van der Waals surface area contributed by atoms with Crippen LogP contribution < -0.4 is 21.5 Å². The van der Waals surface area contributed by atoms with E-state index >= 15 is 0 Å². The van der Waals surface area contributed by atoms with E-state index in [-0.39, 0.29) is 34.4 Å². The van der Waals surface area contributed by atoms with Crippen molar-refractivity contribution in [3.8, 4) is 0 Å². The molecule has 10 heteroatoms. The molecule has 176 valence electrons. The van der Waals surface area contributed by atoms with Gasteiger partial charge in [-0.25, -0.2) is 24.0 Å². The van der Waals surface area contributed by atoms with Crippen molar-refractivity contribution in [2.45, 2.75) is 25.6 Å². The molecule has 0 bridgehead atoms. The van der Waals surface area contributed by atoms with E-state index in [1.807, 2.05) is 31.2 Å². The highest BCUT2D eigenvalue weighted by Gasteiger charge is 2.26. The normalized spacial score (nSPS) is 18.1. The summed E-state index contributed by atoms with van der Waals surface area (Å²) in [4.78, 5) is 16.6. The number of amides is 1. The fourth-order valence-electron chi connectivity index (χ4n) is 3.49. The fraction of sp³-hybridized carbons (Fsp3) is 0.167. The molecular weight excluding hydrogens is 467 g/mol. The van der Waals surface area contributed by atoms with E-state index in [1.165, 1.54) is 12.1 Å². The number of hydrazine groups is 1. The van der Waals surface area contributed by atoms with Gasteiger partial charge in [-0.3, -0.25) is 4.79 Å². The van der Waals surface area contributed by atoms with Crippen LogP contribution in [0.5, 0.6) is 0 Å². The molecule has 2 atom stereocenters. The molecule has 3 aromatic rings. The Morgan fingerprint density at radius 1 is 1.00 bits per heavy atom. The molecule has 1 aliphatic heterocycles. The van der Waals surface area contributed by atoms with Gasteiger partial charge in [-0.1, -0.05) is 41.4 Å². The van der Waals surface area contributed by atoms with Gasteiger partial charge in [0, 0.05) is 28.7 Å². The molecule has 0 saturated carbocycles. The number of aryl methyl sites for hydroxylation is 1. The van der Waals surface area contributed by atoms with Gasteiger partial charge in [-0.15, -0.1) is 0 Å². The lowest BCUT2D eigenvalue weighted by atomic mass is 10.0. The molecule has 6 nitrogen and oxygen atoms in total. The van der Waals surface area contributed by atoms with Crippen molar-refractivity contribution < 1.29 is 18.0 Å². The van der Waals surface area contributed by atoms with Crippen molar-refractivity contribution in [2.24, 2.45) is 4.99 Å². The monoisotopic (exact) mass is 487 g/mol. The van der Waals surface area contributed by atoms with Gasteiger partial charge in [0.2, 0.25) is 5.96 Å². The lowest BCUT2D eigenvalue weighted by Gasteiger charge is -2.17. The first kappa shape index (κ1) is 23.7. The van der Waals surface area contributed by atoms with Gasteiger partial charge in [-0.2, -0.15) is 4.99 Å². The number of carbonyl (C=O) groups excluding carboxylic acids is 1. The molecule has 1 saturated heterocycles. The topological polar surface area (TPSA) is 77.5 Å². The molecule has 1 amide bonds. The Bertz CT molecular complexity index is 1220. The van der Waals surface area contributed by atoms with E-state index in [0.717, 1.165) is 35.4 Å². The molecule has 4 rings (SSSR count). The maximum atomic E-state index is 13.8. The summed E-state index contributed by atoms with van der Waals surface area (Å²) < 4.78 is 40.6. The zero-order valence-electron chi connectivity index (χ0n) is 18.0. The van der Waals surface area contributed by atoms with Crippen LogP contribution in [0.4, 0.5) is 18.9 Å². The summed E-state index contributed by atoms with van der Waals surface area (Å²) in [6.45, 7) is 2.01. The summed E-state index contributed by atoms with van der Waals surface area (Å²) in [5, 5.41) is 6.03. The highest BCUT2D eigenvalue weighted by molar-refractivity contribution is 6.31. The molecule has 1 fully saturated rings. The highest BCUT2D eigenvalue weighted by atomic mass is 35.5. The molecule has 0 aromatic heterocycles. The minimum atomic E-state index is -1.16. The van der Waals surface area contributed by atoms with Crippen LogP contribution in [0.25, 0.3) is 0 Å². The van der Waals surface area contributed by atoms with Crippen molar-refractivity contribution in [2.75, 3.05) is 5.32 Å². The molecule has 1 heterocycles. The van der Waals surface area contributed by atoms with Gasteiger partial charge in [0.15, 0.2) is 11.6 Å². The second-order valence-electron chi connectivity index (χ2n) is 7.86. The lowest BCUT2D eigenvalue weighted by Crippen LogP contribution is -2.47. The van der Waals surface area contributed by atoms with Crippen molar-refractivity contribution in [1.29, 1.82) is 0 Å². The molecule has 0 aliphatic carbocycles. The Labute approximate surface area is 199 Å². The van der Waals surface area contributed by atoms with Crippen molar-refractivity contribution in [3.63, 3.8) is 0 Å². The van der Waals surface area contributed by atoms with Gasteiger partial charge >= 0.3 is 0 Å². The molecule has 34 heavy (non-hydrogen) atoms. The number of rotatable bonds is 4. The lowest BCUT2D eigenvalue weighted by molar-refractivity contribution is 0.100. The van der Waals surface area contributed by atoms with Crippen molar-refractivity contribution in [3.05, 3.63) is 99.8 Å². The number of nitrogens with zero attached hydrogens (tertiary/aromatic N) is 1. The van der Waals surface area contributed by atoms with Gasteiger partial charge in [0.05, 0.1) is 6.17 Å². The third-order valence-electron chi connectivity index (χ3n) is 5.20. The number of benzene rings is 3. The third kappa shape index (κ3) is 5.93. The zero-order valence-corrected chi connectivity index (χ0v) is 18.8. The molecule has 0 radical (unpaired) electrons. The van der Waals surface area contributed by atoms with Crippen LogP contribution in [-0.4, -0.2) is 18.0 Å². The molecule has 3 aromatic carbocycles. The van der Waals surface area contributed by atoms with Crippen LogP contribution in [-0.2, 0) is 0 Å². The highest BCUT2D eigenvalue weighted by Crippen LogP contribution is 2.22. The Morgan fingerprint density at radius 2 is 1.76 bits per heavy atom. The zero-order chi connectivity index (χ0) is 24.2. The SMILES string of the molecule is Cc1ccc(C2CC(N/C(=N\C(=O)c3ccc(F)c(F)c3)Nc3cc(F)cc(Cl)c3)NN2)cc1. The maximum Gasteiger partial charge on any atom is 0.280 e. The Balaban J connectivity index is 1.55. The summed E-state index contributed by atoms with van der Waals surface area (Å²) >= 11 is 5.93. The van der Waals surface area contributed by atoms with Crippen LogP contribution in [0, 0.1) is 24.4 Å². The molecule has 1 aliphatic rings. The van der Waals surface area contributed by atoms with Crippen molar-refractivity contribution in [1.82, 2.24) is 16.2 Å². The van der Waals surface area contributed by atoms with Crippen LogP contribution in [0.1, 0.15) is 33.9 Å². The number of aliphatic imine (C=N–C) groups is 1. The smallest absolute Gasteiger partial charge is 0.280 e. The van der Waals surface area contributed by atoms with Crippen molar-refractivity contribution >= 4 is 29.2 Å². The van der Waals surface area contributed by atoms with Gasteiger partial charge < -0.3 is 10.6 Å². The second kappa shape index (κ2) is 10.3. The van der Waals surface area contributed by atoms with E-state index in [9.17, 15) is 18.0 Å². The molecule has 2 unspecified atom stereocenters. The minimum Gasteiger partial charge on any atom is -0.339 e. The van der Waals surface area contributed by atoms with Crippen LogP contribution in [0.15, 0.2) is 65.7 Å². The fourth-order valence-corrected chi connectivity index (χ4v) is 3.71. The number of hydrogen-bond acceptors (Lipinski definition) is 3. The minimum absolute atomic E-state index is 0.00939. The number of guanidine groups is 1. The average Bonchev–Trinajstić information content (AvgIpc) is 3.23. The predicted molar refractivity (Wildman–Crippen MR) is 125 cm³/mol. The Kier molecular flexibility index (Phi) is 7.16. The Hall–Kier alpha value is -3.40. The van der Waals surface area contributed by atoms with Gasteiger partial charge in [0.1, 0.15) is 5.82 Å². The quantitative estimate of drug-likeness (QED) is 0.313. The summed E-state index contributed by atoms with van der Waals surface area (Å²) in [5.74, 6) is -3.67. The molecular formula is C24H21ClF3N5O. The molecule has 0 spiro atoms. The van der Waals surface area contributed by atoms with Crippen LogP contribution in [0.2, 0.25) is 5.02 Å². The third-order valence-corrected chi connectivity index (χ3v) is 5.42. The number of nitrogens with one attached hydrogen (secondary N) is 4. The summed E-state index contributed by atoms with van der Waals surface area (Å²) in [6, 6.07) is 14.6. The first-order valence-electron chi connectivity index (χ1n) is 10.4.